The van der Waals surface area contributed by atoms with Crippen LogP contribution in [0.5, 0.6) is 0 Å². The third-order valence-electron chi connectivity index (χ3n) is 2.29. The van der Waals surface area contributed by atoms with Gasteiger partial charge in [0, 0.05) is 6.04 Å². The Balaban J connectivity index is 2.28. The predicted octanol–water partition coefficient (Wildman–Crippen LogP) is 0.638. The molecule has 0 heterocycles. The van der Waals surface area contributed by atoms with Crippen LogP contribution in [0, 0.1) is 5.92 Å². The highest BCUT2D eigenvalue weighted by Crippen LogP contribution is 2.26. The highest BCUT2D eigenvalue weighted by atomic mass is 16.2. The fourth-order valence-corrected chi connectivity index (χ4v) is 1.39. The van der Waals surface area contributed by atoms with E-state index in [0.29, 0.717) is 6.04 Å². The molecular weight excluding hydrogens is 152 g/mol. The third-order valence-corrected chi connectivity index (χ3v) is 2.29. The van der Waals surface area contributed by atoms with Crippen LogP contribution in [0.15, 0.2) is 0 Å². The molecule has 1 amide bonds. The van der Waals surface area contributed by atoms with Gasteiger partial charge in [-0.15, -0.1) is 0 Å². The van der Waals surface area contributed by atoms with E-state index in [2.05, 4.69) is 12.2 Å². The SMILES string of the molecule is CC1CC(NC(=O)C(C)(C)N)C1. The molecule has 0 aromatic carbocycles. The molecule has 70 valence electrons. The largest absolute Gasteiger partial charge is 0.352 e. The summed E-state index contributed by atoms with van der Waals surface area (Å²) in [6, 6.07) is 0.371. The summed E-state index contributed by atoms with van der Waals surface area (Å²) in [5.74, 6) is 0.718. The van der Waals surface area contributed by atoms with Gasteiger partial charge in [-0.05, 0) is 32.6 Å². The molecule has 0 aliphatic heterocycles. The minimum Gasteiger partial charge on any atom is -0.352 e. The number of amides is 1. The molecule has 0 unspecified atom stereocenters. The molecule has 1 fully saturated rings. The monoisotopic (exact) mass is 170 g/mol. The normalized spacial score (nSPS) is 29.3. The van der Waals surface area contributed by atoms with Crippen LogP contribution in [0.4, 0.5) is 0 Å². The quantitative estimate of drug-likeness (QED) is 0.639. The third kappa shape index (κ3) is 2.21. The van der Waals surface area contributed by atoms with Gasteiger partial charge in [0.15, 0.2) is 0 Å². The zero-order valence-corrected chi connectivity index (χ0v) is 8.05. The average Bonchev–Trinajstić information content (AvgIpc) is 1.82. The smallest absolute Gasteiger partial charge is 0.239 e. The summed E-state index contributed by atoms with van der Waals surface area (Å²) in [4.78, 5) is 11.3. The first-order chi connectivity index (χ1) is 5.39. The van der Waals surface area contributed by atoms with Gasteiger partial charge >= 0.3 is 0 Å². The topological polar surface area (TPSA) is 55.1 Å². The first-order valence-corrected chi connectivity index (χ1v) is 4.49. The number of rotatable bonds is 2. The molecule has 3 nitrogen and oxygen atoms in total. The molecule has 3 heteroatoms. The van der Waals surface area contributed by atoms with Crippen LogP contribution in [0.1, 0.15) is 33.6 Å². The number of carbonyl (C=O) groups is 1. The molecule has 0 aromatic rings. The number of hydrogen-bond acceptors (Lipinski definition) is 2. The van der Waals surface area contributed by atoms with E-state index in [0.717, 1.165) is 18.8 Å². The summed E-state index contributed by atoms with van der Waals surface area (Å²) in [6.07, 6.45) is 2.20. The van der Waals surface area contributed by atoms with Gasteiger partial charge < -0.3 is 11.1 Å². The second kappa shape index (κ2) is 3.05. The molecule has 1 aliphatic carbocycles. The van der Waals surface area contributed by atoms with Crippen molar-refractivity contribution < 1.29 is 4.79 Å². The van der Waals surface area contributed by atoms with E-state index in [1.54, 1.807) is 13.8 Å². The fraction of sp³-hybridized carbons (Fsp3) is 0.889. The Morgan fingerprint density at radius 1 is 1.50 bits per heavy atom. The predicted molar refractivity (Wildman–Crippen MR) is 48.6 cm³/mol. The molecule has 12 heavy (non-hydrogen) atoms. The van der Waals surface area contributed by atoms with Crippen molar-refractivity contribution in [1.82, 2.24) is 5.32 Å². The van der Waals surface area contributed by atoms with Crippen molar-refractivity contribution in [1.29, 1.82) is 0 Å². The van der Waals surface area contributed by atoms with Crippen LogP contribution in [0.25, 0.3) is 0 Å². The summed E-state index contributed by atoms with van der Waals surface area (Å²) in [7, 11) is 0. The molecule has 1 saturated carbocycles. The molecular formula is C9H18N2O. The summed E-state index contributed by atoms with van der Waals surface area (Å²) in [6.45, 7) is 5.64. The Morgan fingerprint density at radius 2 is 2.00 bits per heavy atom. The van der Waals surface area contributed by atoms with Crippen LogP contribution in [-0.4, -0.2) is 17.5 Å². The van der Waals surface area contributed by atoms with Gasteiger partial charge in [0.2, 0.25) is 5.91 Å². The Morgan fingerprint density at radius 3 is 2.33 bits per heavy atom. The minimum absolute atomic E-state index is 0.0422. The zero-order chi connectivity index (χ0) is 9.35. The molecule has 0 atom stereocenters. The van der Waals surface area contributed by atoms with E-state index in [9.17, 15) is 4.79 Å². The highest BCUT2D eigenvalue weighted by Gasteiger charge is 2.30. The van der Waals surface area contributed by atoms with Gasteiger partial charge in [0.05, 0.1) is 5.54 Å². The van der Waals surface area contributed by atoms with Gasteiger partial charge in [-0.3, -0.25) is 4.79 Å². The number of nitrogens with two attached hydrogens (primary N) is 1. The Bertz CT molecular complexity index is 177. The first kappa shape index (κ1) is 9.52. The summed E-state index contributed by atoms with van der Waals surface area (Å²) in [5, 5.41) is 2.92. The summed E-state index contributed by atoms with van der Waals surface area (Å²) in [5.41, 5.74) is 4.89. The standard InChI is InChI=1S/C9H18N2O/c1-6-4-7(5-6)11-8(12)9(2,3)10/h6-7H,4-5,10H2,1-3H3,(H,11,12). The average molecular weight is 170 g/mol. The van der Waals surface area contributed by atoms with Crippen LogP contribution in [0.2, 0.25) is 0 Å². The van der Waals surface area contributed by atoms with Crippen molar-refractivity contribution in [2.45, 2.75) is 45.2 Å². The lowest BCUT2D eigenvalue weighted by Crippen LogP contribution is -2.54. The van der Waals surface area contributed by atoms with Crippen molar-refractivity contribution >= 4 is 5.91 Å². The van der Waals surface area contributed by atoms with Crippen molar-refractivity contribution in [3.63, 3.8) is 0 Å². The molecule has 3 N–H and O–H groups in total. The lowest BCUT2D eigenvalue weighted by molar-refractivity contribution is -0.126. The lowest BCUT2D eigenvalue weighted by atomic mass is 9.81. The molecule has 0 spiro atoms. The van der Waals surface area contributed by atoms with Crippen LogP contribution >= 0.6 is 0 Å². The van der Waals surface area contributed by atoms with Crippen molar-refractivity contribution in [3.05, 3.63) is 0 Å². The van der Waals surface area contributed by atoms with E-state index in [-0.39, 0.29) is 5.91 Å². The Kier molecular flexibility index (Phi) is 2.42. The highest BCUT2D eigenvalue weighted by molar-refractivity contribution is 5.85. The number of hydrogen-bond donors (Lipinski definition) is 2. The van der Waals surface area contributed by atoms with Crippen molar-refractivity contribution in [3.8, 4) is 0 Å². The van der Waals surface area contributed by atoms with Crippen molar-refractivity contribution in [2.75, 3.05) is 0 Å². The van der Waals surface area contributed by atoms with Gasteiger partial charge in [0.25, 0.3) is 0 Å². The second-order valence-corrected chi connectivity index (χ2v) is 4.47. The first-order valence-electron chi connectivity index (χ1n) is 4.49. The maximum atomic E-state index is 11.3. The van der Waals surface area contributed by atoms with Gasteiger partial charge in [-0.1, -0.05) is 6.92 Å². The minimum atomic E-state index is -0.737. The van der Waals surface area contributed by atoms with E-state index >= 15 is 0 Å². The van der Waals surface area contributed by atoms with Gasteiger partial charge in [-0.25, -0.2) is 0 Å². The van der Waals surface area contributed by atoms with Crippen LogP contribution < -0.4 is 11.1 Å². The van der Waals surface area contributed by atoms with Crippen molar-refractivity contribution in [2.24, 2.45) is 11.7 Å². The van der Waals surface area contributed by atoms with Gasteiger partial charge in [-0.2, -0.15) is 0 Å². The second-order valence-electron chi connectivity index (χ2n) is 4.47. The fourth-order valence-electron chi connectivity index (χ4n) is 1.39. The molecule has 0 bridgehead atoms. The zero-order valence-electron chi connectivity index (χ0n) is 8.05. The number of nitrogens with one attached hydrogen (secondary N) is 1. The Labute approximate surface area is 73.7 Å². The van der Waals surface area contributed by atoms with Gasteiger partial charge in [0.1, 0.15) is 0 Å². The lowest BCUT2D eigenvalue weighted by Gasteiger charge is -2.35. The molecule has 1 rings (SSSR count). The molecule has 1 aliphatic rings. The van der Waals surface area contributed by atoms with Crippen LogP contribution in [0.3, 0.4) is 0 Å². The summed E-state index contributed by atoms with van der Waals surface area (Å²) >= 11 is 0. The van der Waals surface area contributed by atoms with E-state index in [1.807, 2.05) is 0 Å². The maximum absolute atomic E-state index is 11.3. The Hall–Kier alpha value is -0.570. The van der Waals surface area contributed by atoms with E-state index in [1.165, 1.54) is 0 Å². The van der Waals surface area contributed by atoms with Crippen LogP contribution in [-0.2, 0) is 4.79 Å². The molecule has 0 aromatic heterocycles. The molecule has 0 saturated heterocycles. The number of carbonyl (C=O) groups excluding carboxylic acids is 1. The molecule has 0 radical (unpaired) electrons. The van der Waals surface area contributed by atoms with E-state index < -0.39 is 5.54 Å². The van der Waals surface area contributed by atoms with E-state index in [4.69, 9.17) is 5.73 Å². The summed E-state index contributed by atoms with van der Waals surface area (Å²) < 4.78 is 0. The maximum Gasteiger partial charge on any atom is 0.239 e.